The van der Waals surface area contributed by atoms with E-state index < -0.39 is 0 Å². The molecule has 0 aliphatic heterocycles. The van der Waals surface area contributed by atoms with Crippen LogP contribution in [-0.2, 0) is 19.8 Å². The van der Waals surface area contributed by atoms with Gasteiger partial charge in [0.15, 0.2) is 0 Å². The van der Waals surface area contributed by atoms with E-state index in [2.05, 4.69) is 49.6 Å². The molecule has 0 amide bonds. The molecular weight excluding hydrogens is 406 g/mol. The molecule has 0 spiro atoms. The van der Waals surface area contributed by atoms with Crippen LogP contribution in [0, 0.1) is 4.77 Å². The van der Waals surface area contributed by atoms with Gasteiger partial charge in [-0.1, -0.05) is 56.3 Å². The number of benzene rings is 2. The molecule has 6 nitrogen and oxygen atoms in total. The summed E-state index contributed by atoms with van der Waals surface area (Å²) in [5.74, 6) is 1.05. The van der Waals surface area contributed by atoms with Crippen molar-refractivity contribution in [3.63, 3.8) is 0 Å². The van der Waals surface area contributed by atoms with Crippen LogP contribution in [0.5, 0.6) is 0 Å². The molecule has 0 N–H and O–H groups in total. The molecule has 0 saturated carbocycles. The average Bonchev–Trinajstić information content (AvgIpc) is 3.07. The lowest BCUT2D eigenvalue weighted by molar-refractivity contribution is 0.244. The van der Waals surface area contributed by atoms with Crippen LogP contribution in [0.1, 0.15) is 30.9 Å². The van der Waals surface area contributed by atoms with Crippen molar-refractivity contribution in [1.29, 1.82) is 0 Å². The lowest BCUT2D eigenvalue weighted by atomic mass is 10.0. The number of fused-ring (bicyclic) bond motifs is 3. The van der Waals surface area contributed by atoms with Gasteiger partial charge in [-0.05, 0) is 48.4 Å². The van der Waals surface area contributed by atoms with E-state index in [0.29, 0.717) is 35.1 Å². The molecule has 2 aromatic carbocycles. The van der Waals surface area contributed by atoms with Gasteiger partial charge in [-0.25, -0.2) is 4.68 Å². The second-order valence-corrected chi connectivity index (χ2v) is 8.56. The average molecular weight is 434 g/mol. The fourth-order valence-electron chi connectivity index (χ4n) is 3.85. The lowest BCUT2D eigenvalue weighted by Gasteiger charge is -2.17. The Bertz CT molecular complexity index is 1360. The summed E-state index contributed by atoms with van der Waals surface area (Å²) in [6, 6.07) is 16.2. The summed E-state index contributed by atoms with van der Waals surface area (Å²) in [5.41, 5.74) is 3.25. The van der Waals surface area contributed by atoms with Crippen molar-refractivity contribution >= 4 is 28.9 Å². The highest BCUT2D eigenvalue weighted by atomic mass is 32.1. The molecular formula is C24H27N5OS. The summed E-state index contributed by atoms with van der Waals surface area (Å²) in [5, 5.41) is 5.33. The Hall–Kier alpha value is -3.03. The Morgan fingerprint density at radius 2 is 1.87 bits per heavy atom. The molecule has 4 aromatic rings. The van der Waals surface area contributed by atoms with Gasteiger partial charge in [0.1, 0.15) is 0 Å². The largest absolute Gasteiger partial charge is 0.283 e. The molecule has 0 unspecified atom stereocenters. The molecule has 0 saturated heterocycles. The van der Waals surface area contributed by atoms with Gasteiger partial charge in [0, 0.05) is 13.1 Å². The van der Waals surface area contributed by atoms with E-state index in [1.165, 1.54) is 11.1 Å². The molecule has 2 aromatic heterocycles. The van der Waals surface area contributed by atoms with Gasteiger partial charge >= 0.3 is 0 Å². The second-order valence-electron chi connectivity index (χ2n) is 8.19. The van der Waals surface area contributed by atoms with Gasteiger partial charge in [0.2, 0.25) is 10.5 Å². The summed E-state index contributed by atoms with van der Waals surface area (Å²) in [6.07, 6.45) is 1.70. The van der Waals surface area contributed by atoms with Gasteiger partial charge in [0.05, 0.1) is 17.6 Å². The Morgan fingerprint density at radius 1 is 1.16 bits per heavy atom. The summed E-state index contributed by atoms with van der Waals surface area (Å²) in [6.45, 7) is 9.84. The van der Waals surface area contributed by atoms with E-state index in [-0.39, 0.29) is 5.56 Å². The van der Waals surface area contributed by atoms with Gasteiger partial charge in [0.25, 0.3) is 5.56 Å². The minimum atomic E-state index is -0.0891. The van der Waals surface area contributed by atoms with E-state index in [9.17, 15) is 4.79 Å². The van der Waals surface area contributed by atoms with Crippen molar-refractivity contribution in [3.8, 4) is 0 Å². The van der Waals surface area contributed by atoms with Crippen LogP contribution in [0.4, 0.5) is 0 Å². The number of hydrogen-bond acceptors (Lipinski definition) is 4. The molecule has 31 heavy (non-hydrogen) atoms. The van der Waals surface area contributed by atoms with Crippen LogP contribution >= 0.6 is 12.2 Å². The topological polar surface area (TPSA) is 47.5 Å². The number of aromatic nitrogens is 4. The van der Waals surface area contributed by atoms with E-state index in [4.69, 9.17) is 17.3 Å². The van der Waals surface area contributed by atoms with Crippen molar-refractivity contribution in [2.45, 2.75) is 39.5 Å². The van der Waals surface area contributed by atoms with Crippen molar-refractivity contribution in [3.05, 3.63) is 87.4 Å². The maximum Gasteiger partial charge on any atom is 0.263 e. The fourth-order valence-corrected chi connectivity index (χ4v) is 4.13. The van der Waals surface area contributed by atoms with Crippen LogP contribution in [0.3, 0.4) is 0 Å². The molecule has 160 valence electrons. The fraction of sp³-hybridized carbons (Fsp3) is 0.292. The number of para-hydroxylation sites is 1. The number of rotatable bonds is 7. The highest BCUT2D eigenvalue weighted by molar-refractivity contribution is 7.71. The number of nitrogens with zero attached hydrogens (tertiary/aromatic N) is 5. The maximum atomic E-state index is 13.0. The summed E-state index contributed by atoms with van der Waals surface area (Å²) in [7, 11) is 2.04. The third-order valence-corrected chi connectivity index (χ3v) is 5.86. The molecule has 0 fully saturated rings. The van der Waals surface area contributed by atoms with Crippen LogP contribution in [0.15, 0.2) is 66.0 Å². The zero-order valence-corrected chi connectivity index (χ0v) is 19.0. The first-order valence-electron chi connectivity index (χ1n) is 10.4. The van der Waals surface area contributed by atoms with Crippen LogP contribution in [-0.4, -0.2) is 30.7 Å². The van der Waals surface area contributed by atoms with Gasteiger partial charge in [-0.2, -0.15) is 0 Å². The van der Waals surface area contributed by atoms with Crippen LogP contribution in [0.2, 0.25) is 0 Å². The zero-order valence-electron chi connectivity index (χ0n) is 18.2. The Labute approximate surface area is 186 Å². The summed E-state index contributed by atoms with van der Waals surface area (Å²) in [4.78, 5) is 15.2. The Kier molecular flexibility index (Phi) is 5.89. The molecule has 0 bridgehead atoms. The molecule has 2 heterocycles. The number of hydrogen-bond donors (Lipinski definition) is 0. The van der Waals surface area contributed by atoms with Crippen molar-refractivity contribution in [1.82, 2.24) is 23.6 Å². The van der Waals surface area contributed by atoms with Crippen LogP contribution < -0.4 is 5.56 Å². The standard InChI is InChI=1S/C24H27N5OS/c1-5-14-27-22(30)20-8-6-7-9-21(20)29-23(27)25-28(24(29)31)16-26(4)15-18-10-12-19(13-11-18)17(2)3/h5-13,17H,1,14-16H2,2-4H3. The number of allylic oxidation sites excluding steroid dienone is 1. The first-order chi connectivity index (χ1) is 14.9. The monoisotopic (exact) mass is 433 g/mol. The Balaban J connectivity index is 1.71. The summed E-state index contributed by atoms with van der Waals surface area (Å²) < 4.78 is 5.83. The van der Waals surface area contributed by atoms with Crippen LogP contribution in [0.25, 0.3) is 16.7 Å². The van der Waals surface area contributed by atoms with Gasteiger partial charge in [-0.15, -0.1) is 11.7 Å². The highest BCUT2D eigenvalue weighted by Crippen LogP contribution is 2.17. The first-order valence-corrected chi connectivity index (χ1v) is 10.8. The van der Waals surface area contributed by atoms with Crippen molar-refractivity contribution < 1.29 is 0 Å². The van der Waals surface area contributed by atoms with Gasteiger partial charge in [-0.3, -0.25) is 18.7 Å². The third-order valence-electron chi connectivity index (χ3n) is 5.47. The van der Waals surface area contributed by atoms with Crippen molar-refractivity contribution in [2.75, 3.05) is 7.05 Å². The highest BCUT2D eigenvalue weighted by Gasteiger charge is 2.15. The normalized spacial score (nSPS) is 11.8. The van der Waals surface area contributed by atoms with E-state index in [1.807, 2.05) is 35.7 Å². The van der Waals surface area contributed by atoms with E-state index in [0.717, 1.165) is 12.1 Å². The molecule has 0 aliphatic rings. The quantitative estimate of drug-likeness (QED) is 0.316. The molecule has 0 aliphatic carbocycles. The smallest absolute Gasteiger partial charge is 0.263 e. The second kappa shape index (κ2) is 8.61. The maximum absolute atomic E-state index is 13.0. The molecule has 0 radical (unpaired) electrons. The third kappa shape index (κ3) is 3.98. The lowest BCUT2D eigenvalue weighted by Crippen LogP contribution is -2.23. The molecule has 4 rings (SSSR count). The van der Waals surface area contributed by atoms with E-state index >= 15 is 0 Å². The predicted octanol–water partition coefficient (Wildman–Crippen LogP) is 4.58. The molecule has 7 heteroatoms. The first kappa shape index (κ1) is 21.2. The zero-order chi connectivity index (χ0) is 22.1. The predicted molar refractivity (Wildman–Crippen MR) is 128 cm³/mol. The minimum absolute atomic E-state index is 0.0891. The SMILES string of the molecule is C=CCn1c(=O)c2ccccc2n2c(=S)n(CN(C)Cc3ccc(C(C)C)cc3)nc12. The van der Waals surface area contributed by atoms with Crippen molar-refractivity contribution in [2.24, 2.45) is 0 Å². The Morgan fingerprint density at radius 3 is 2.55 bits per heavy atom. The van der Waals surface area contributed by atoms with E-state index in [1.54, 1.807) is 15.3 Å². The molecule has 0 atom stereocenters. The minimum Gasteiger partial charge on any atom is -0.283 e. The summed E-state index contributed by atoms with van der Waals surface area (Å²) >= 11 is 5.77. The van der Waals surface area contributed by atoms with Gasteiger partial charge < -0.3 is 0 Å².